The largest absolute Gasteiger partial charge is 0.432 e. The van der Waals surface area contributed by atoms with E-state index in [1.165, 1.54) is 12.1 Å². The first-order chi connectivity index (χ1) is 8.85. The van der Waals surface area contributed by atoms with Gasteiger partial charge in [0.2, 0.25) is 5.79 Å². The summed E-state index contributed by atoms with van der Waals surface area (Å²) in [5.41, 5.74) is 0.572. The fraction of sp³-hybridized carbons (Fsp3) is 0.500. The molecule has 3 nitrogen and oxygen atoms in total. The van der Waals surface area contributed by atoms with Gasteiger partial charge in [-0.15, -0.1) is 0 Å². The van der Waals surface area contributed by atoms with Gasteiger partial charge < -0.3 is 9.47 Å². The number of cyclic esters (lactones) is 1. The first kappa shape index (κ1) is 13.9. The Morgan fingerprint density at radius 3 is 2.37 bits per heavy atom. The second kappa shape index (κ2) is 5.25. The summed E-state index contributed by atoms with van der Waals surface area (Å²) in [6.45, 7) is 3.35. The summed E-state index contributed by atoms with van der Waals surface area (Å²) >= 11 is 0. The molecule has 5 heteroatoms. The van der Waals surface area contributed by atoms with E-state index in [9.17, 15) is 13.6 Å². The van der Waals surface area contributed by atoms with Crippen molar-refractivity contribution in [1.82, 2.24) is 0 Å². The first-order valence-corrected chi connectivity index (χ1v) is 6.21. The molecule has 0 amide bonds. The zero-order valence-corrected chi connectivity index (χ0v) is 10.9. The molecule has 104 valence electrons. The molecule has 1 heterocycles. The van der Waals surface area contributed by atoms with Crippen LogP contribution in [0.1, 0.15) is 32.3 Å². The number of carbonyl (C=O) groups is 1. The van der Waals surface area contributed by atoms with Gasteiger partial charge in [-0.1, -0.05) is 0 Å². The van der Waals surface area contributed by atoms with Crippen molar-refractivity contribution in [2.24, 2.45) is 0 Å². The molecule has 0 spiro atoms. The Morgan fingerprint density at radius 2 is 1.84 bits per heavy atom. The van der Waals surface area contributed by atoms with Crippen molar-refractivity contribution in [2.45, 2.75) is 45.0 Å². The number of benzene rings is 1. The molecule has 2 rings (SSSR count). The molecule has 0 unspecified atom stereocenters. The number of hydrogen-bond donors (Lipinski definition) is 0. The highest BCUT2D eigenvalue weighted by molar-refractivity contribution is 5.76. The van der Waals surface area contributed by atoms with Gasteiger partial charge >= 0.3 is 5.97 Å². The second-order valence-corrected chi connectivity index (χ2v) is 5.10. The third-order valence-electron chi connectivity index (χ3n) is 2.89. The molecule has 1 aliphatic heterocycles. The molecule has 0 radical (unpaired) electrons. The predicted molar refractivity (Wildman–Crippen MR) is 64.3 cm³/mol. The van der Waals surface area contributed by atoms with Crippen LogP contribution in [0.25, 0.3) is 0 Å². The SMILES string of the molecule is CC1(C)OC(=O)[C@@H](CCCc2cc(F)cc(F)c2)O1. The Labute approximate surface area is 110 Å². The van der Waals surface area contributed by atoms with E-state index in [1.54, 1.807) is 13.8 Å². The first-order valence-electron chi connectivity index (χ1n) is 6.21. The standard InChI is InChI=1S/C14H16F2O3/c1-14(2)18-12(13(17)19-14)5-3-4-9-6-10(15)8-11(16)7-9/h6-8,12H,3-5H2,1-2H3/t12-/m1/s1. The summed E-state index contributed by atoms with van der Waals surface area (Å²) in [7, 11) is 0. The topological polar surface area (TPSA) is 35.5 Å². The molecule has 1 aromatic rings. The van der Waals surface area contributed by atoms with Crippen molar-refractivity contribution in [2.75, 3.05) is 0 Å². The van der Waals surface area contributed by atoms with Gasteiger partial charge in [-0.25, -0.2) is 13.6 Å². The summed E-state index contributed by atoms with van der Waals surface area (Å²) in [5.74, 6) is -2.44. The molecule has 1 saturated heterocycles. The maximum Gasteiger partial charge on any atom is 0.337 e. The van der Waals surface area contributed by atoms with Gasteiger partial charge in [0.05, 0.1) is 0 Å². The van der Waals surface area contributed by atoms with E-state index in [1.807, 2.05) is 0 Å². The van der Waals surface area contributed by atoms with Gasteiger partial charge in [0.25, 0.3) is 0 Å². The summed E-state index contributed by atoms with van der Waals surface area (Å²) in [5, 5.41) is 0. The number of halogens is 2. The Hall–Kier alpha value is -1.49. The van der Waals surface area contributed by atoms with Crippen molar-refractivity contribution in [3.05, 3.63) is 35.4 Å². The Balaban J connectivity index is 1.85. The summed E-state index contributed by atoms with van der Waals surface area (Å²) in [4.78, 5) is 11.5. The summed E-state index contributed by atoms with van der Waals surface area (Å²) < 4.78 is 36.4. The molecule has 0 aromatic heterocycles. The van der Waals surface area contributed by atoms with Crippen molar-refractivity contribution in [3.63, 3.8) is 0 Å². The van der Waals surface area contributed by atoms with E-state index in [-0.39, 0.29) is 5.97 Å². The number of hydrogen-bond acceptors (Lipinski definition) is 3. The Bertz CT molecular complexity index is 465. The van der Waals surface area contributed by atoms with Gasteiger partial charge in [-0.3, -0.25) is 0 Å². The third kappa shape index (κ3) is 3.73. The lowest BCUT2D eigenvalue weighted by Crippen LogP contribution is -2.21. The highest BCUT2D eigenvalue weighted by Gasteiger charge is 2.40. The molecule has 0 bridgehead atoms. The Kier molecular flexibility index (Phi) is 3.85. The summed E-state index contributed by atoms with van der Waals surface area (Å²) in [6.07, 6.45) is 0.967. The van der Waals surface area contributed by atoms with Crippen LogP contribution in [0.2, 0.25) is 0 Å². The second-order valence-electron chi connectivity index (χ2n) is 5.10. The van der Waals surface area contributed by atoms with E-state index < -0.39 is 23.5 Å². The Morgan fingerprint density at radius 1 is 1.21 bits per heavy atom. The molecule has 1 aromatic carbocycles. The number of ether oxygens (including phenoxy) is 2. The van der Waals surface area contributed by atoms with Crippen LogP contribution in [0.15, 0.2) is 18.2 Å². The number of rotatable bonds is 4. The molecule has 1 aliphatic rings. The van der Waals surface area contributed by atoms with Crippen LogP contribution in [0.4, 0.5) is 8.78 Å². The van der Waals surface area contributed by atoms with Crippen molar-refractivity contribution in [1.29, 1.82) is 0 Å². The van der Waals surface area contributed by atoms with Gasteiger partial charge in [0.1, 0.15) is 11.6 Å². The van der Waals surface area contributed by atoms with Gasteiger partial charge in [-0.05, 0) is 37.0 Å². The zero-order valence-electron chi connectivity index (χ0n) is 10.9. The van der Waals surface area contributed by atoms with Crippen molar-refractivity contribution >= 4 is 5.97 Å². The highest BCUT2D eigenvalue weighted by Crippen LogP contribution is 2.26. The predicted octanol–water partition coefficient (Wildman–Crippen LogP) is 2.97. The normalized spacial score (nSPS) is 21.5. The maximum atomic E-state index is 13.0. The average molecular weight is 270 g/mol. The van der Waals surface area contributed by atoms with Gasteiger partial charge in [0, 0.05) is 19.9 Å². The van der Waals surface area contributed by atoms with E-state index in [0.29, 0.717) is 24.8 Å². The van der Waals surface area contributed by atoms with E-state index in [4.69, 9.17) is 9.47 Å². The van der Waals surface area contributed by atoms with Gasteiger partial charge in [0.15, 0.2) is 6.10 Å². The van der Waals surface area contributed by atoms with Crippen LogP contribution >= 0.6 is 0 Å². The average Bonchev–Trinajstić information content (AvgIpc) is 2.50. The molecule has 0 saturated carbocycles. The molecular formula is C14H16F2O3. The molecule has 0 N–H and O–H groups in total. The summed E-state index contributed by atoms with van der Waals surface area (Å²) in [6, 6.07) is 3.42. The molecule has 19 heavy (non-hydrogen) atoms. The highest BCUT2D eigenvalue weighted by atomic mass is 19.1. The van der Waals surface area contributed by atoms with Crippen LogP contribution in [0.5, 0.6) is 0 Å². The molecule has 1 fully saturated rings. The minimum Gasteiger partial charge on any atom is -0.432 e. The molecule has 0 aliphatic carbocycles. The number of esters is 1. The molecular weight excluding hydrogens is 254 g/mol. The lowest BCUT2D eigenvalue weighted by Gasteiger charge is -2.15. The van der Waals surface area contributed by atoms with E-state index in [2.05, 4.69) is 0 Å². The lowest BCUT2D eigenvalue weighted by molar-refractivity contribution is -0.160. The van der Waals surface area contributed by atoms with Crippen LogP contribution in [0.3, 0.4) is 0 Å². The van der Waals surface area contributed by atoms with Crippen LogP contribution < -0.4 is 0 Å². The minimum atomic E-state index is -0.882. The van der Waals surface area contributed by atoms with E-state index in [0.717, 1.165) is 6.07 Å². The third-order valence-corrected chi connectivity index (χ3v) is 2.89. The quantitative estimate of drug-likeness (QED) is 0.789. The smallest absolute Gasteiger partial charge is 0.337 e. The fourth-order valence-corrected chi connectivity index (χ4v) is 2.15. The van der Waals surface area contributed by atoms with Crippen LogP contribution in [-0.4, -0.2) is 17.9 Å². The zero-order chi connectivity index (χ0) is 14.0. The monoisotopic (exact) mass is 270 g/mol. The van der Waals surface area contributed by atoms with Crippen LogP contribution in [-0.2, 0) is 20.7 Å². The van der Waals surface area contributed by atoms with Crippen molar-refractivity contribution < 1.29 is 23.0 Å². The van der Waals surface area contributed by atoms with E-state index >= 15 is 0 Å². The lowest BCUT2D eigenvalue weighted by atomic mass is 10.1. The minimum absolute atomic E-state index is 0.379. The maximum absolute atomic E-state index is 13.0. The number of carbonyl (C=O) groups excluding carboxylic acids is 1. The van der Waals surface area contributed by atoms with Crippen LogP contribution in [0, 0.1) is 11.6 Å². The number of aryl methyl sites for hydroxylation is 1. The fourth-order valence-electron chi connectivity index (χ4n) is 2.15. The molecule has 1 atom stereocenters. The van der Waals surface area contributed by atoms with Crippen molar-refractivity contribution in [3.8, 4) is 0 Å². The van der Waals surface area contributed by atoms with Gasteiger partial charge in [-0.2, -0.15) is 0 Å².